The minimum atomic E-state index is 0.550. The van der Waals surface area contributed by atoms with Crippen molar-refractivity contribution in [3.63, 3.8) is 0 Å². The summed E-state index contributed by atoms with van der Waals surface area (Å²) < 4.78 is 0. The van der Waals surface area contributed by atoms with E-state index in [4.69, 9.17) is 0 Å². The molecule has 0 unspecified atom stereocenters. The van der Waals surface area contributed by atoms with E-state index in [9.17, 15) is 0 Å². The molecular formula is C4H13B3. The molecule has 0 atom stereocenters. The zero-order chi connectivity index (χ0) is 5.91. The van der Waals surface area contributed by atoms with Crippen molar-refractivity contribution in [1.29, 1.82) is 0 Å². The van der Waals surface area contributed by atoms with E-state index < -0.39 is 0 Å². The van der Waals surface area contributed by atoms with Crippen molar-refractivity contribution in [2.45, 2.75) is 24.9 Å². The molecule has 0 heterocycles. The van der Waals surface area contributed by atoms with Gasteiger partial charge in [-0.25, -0.2) is 0 Å². The monoisotopic (exact) mass is 94.1 g/mol. The predicted octanol–water partition coefficient (Wildman–Crippen LogP) is -1.24. The maximum Gasteiger partial charge on any atom is 0.0908 e. The third-order valence-electron chi connectivity index (χ3n) is 1.000. The van der Waals surface area contributed by atoms with Crippen molar-refractivity contribution in [2.24, 2.45) is 0 Å². The first-order valence-corrected chi connectivity index (χ1v) is 3.06. The summed E-state index contributed by atoms with van der Waals surface area (Å²) >= 11 is 0. The highest BCUT2D eigenvalue weighted by Crippen LogP contribution is 2.15. The smallest absolute Gasteiger partial charge is 0.0908 e. The van der Waals surface area contributed by atoms with E-state index in [2.05, 4.69) is 30.5 Å². The Balaban J connectivity index is 3.15. The van der Waals surface area contributed by atoms with E-state index in [1.54, 1.807) is 0 Å². The molecule has 0 aromatic carbocycles. The van der Waals surface area contributed by atoms with Crippen LogP contribution in [0.5, 0.6) is 0 Å². The molecule has 0 nitrogen and oxygen atoms in total. The van der Waals surface area contributed by atoms with Crippen LogP contribution in [0.2, 0.25) is 5.11 Å². The molecule has 0 aromatic heterocycles. The molecule has 38 valence electrons. The first-order chi connectivity index (χ1) is 3.06. The standard InChI is InChI=1S/C4H13B3/c1-2-3-4(5,6)7/h2-3,5-7H2,1H3. The van der Waals surface area contributed by atoms with Gasteiger partial charge in [-0.3, -0.25) is 0 Å². The van der Waals surface area contributed by atoms with Gasteiger partial charge in [0.2, 0.25) is 0 Å². The molecule has 0 aliphatic heterocycles. The van der Waals surface area contributed by atoms with Crippen molar-refractivity contribution in [3.8, 4) is 0 Å². The quantitative estimate of drug-likeness (QED) is 0.375. The van der Waals surface area contributed by atoms with Crippen LogP contribution in [0.25, 0.3) is 0 Å². The van der Waals surface area contributed by atoms with Crippen molar-refractivity contribution >= 4 is 23.5 Å². The van der Waals surface area contributed by atoms with Gasteiger partial charge in [-0.05, 0) is 0 Å². The summed E-state index contributed by atoms with van der Waals surface area (Å²) in [6.07, 6.45) is 2.65. The molecule has 0 amide bonds. The molecule has 0 rings (SSSR count). The Labute approximate surface area is 49.3 Å². The van der Waals surface area contributed by atoms with E-state index in [0.717, 1.165) is 0 Å². The molecule has 0 bridgehead atoms. The van der Waals surface area contributed by atoms with Crippen LogP contribution in [-0.4, -0.2) is 23.5 Å². The lowest BCUT2D eigenvalue weighted by atomic mass is 9.41. The van der Waals surface area contributed by atoms with Crippen LogP contribution >= 0.6 is 0 Å². The normalized spacial score (nSPS) is 11.6. The number of rotatable bonds is 2. The Morgan fingerprint density at radius 2 is 1.71 bits per heavy atom. The Morgan fingerprint density at radius 3 is 1.71 bits per heavy atom. The molecule has 3 heteroatoms. The summed E-state index contributed by atoms with van der Waals surface area (Å²) in [5, 5.41) is 0.550. The molecule has 0 spiro atoms. The minimum absolute atomic E-state index is 0.550. The predicted molar refractivity (Wildman–Crippen MR) is 43.2 cm³/mol. The van der Waals surface area contributed by atoms with Crippen molar-refractivity contribution in [2.75, 3.05) is 0 Å². The van der Waals surface area contributed by atoms with Crippen LogP contribution in [0, 0.1) is 0 Å². The summed E-state index contributed by atoms with van der Waals surface area (Å²) in [5.74, 6) is 0. The SMILES string of the molecule is BC(B)(B)CCC. The van der Waals surface area contributed by atoms with Crippen molar-refractivity contribution in [1.82, 2.24) is 0 Å². The summed E-state index contributed by atoms with van der Waals surface area (Å²) in [4.78, 5) is 0. The molecule has 0 fully saturated rings. The van der Waals surface area contributed by atoms with Crippen molar-refractivity contribution < 1.29 is 0 Å². The molecule has 0 saturated heterocycles. The number of hydrogen-bond acceptors (Lipinski definition) is 0. The summed E-state index contributed by atoms with van der Waals surface area (Å²) in [5.41, 5.74) is 0. The second kappa shape index (κ2) is 2.49. The number of hydrogen-bond donors (Lipinski definition) is 0. The van der Waals surface area contributed by atoms with Gasteiger partial charge in [-0.1, -0.05) is 19.8 Å². The Morgan fingerprint density at radius 1 is 1.29 bits per heavy atom. The Hall–Kier alpha value is 0.195. The zero-order valence-corrected chi connectivity index (χ0v) is 5.91. The second-order valence-electron chi connectivity index (χ2n) is 3.31. The highest BCUT2D eigenvalue weighted by Gasteiger charge is 2.07. The average molecular weight is 93.6 g/mol. The van der Waals surface area contributed by atoms with Crippen LogP contribution in [0.15, 0.2) is 0 Å². The minimum Gasteiger partial charge on any atom is -0.111 e. The third kappa shape index (κ3) is 6.19. The van der Waals surface area contributed by atoms with Gasteiger partial charge in [0.25, 0.3) is 0 Å². The van der Waals surface area contributed by atoms with Gasteiger partial charge >= 0.3 is 0 Å². The second-order valence-corrected chi connectivity index (χ2v) is 3.31. The summed E-state index contributed by atoms with van der Waals surface area (Å²) in [6.45, 7) is 2.23. The summed E-state index contributed by atoms with van der Waals surface area (Å²) in [7, 11) is 6.82. The molecule has 0 N–H and O–H groups in total. The molecule has 0 saturated carbocycles. The van der Waals surface area contributed by atoms with Crippen molar-refractivity contribution in [3.05, 3.63) is 0 Å². The van der Waals surface area contributed by atoms with Crippen LogP contribution in [0.4, 0.5) is 0 Å². The van der Waals surface area contributed by atoms with Gasteiger partial charge in [0.15, 0.2) is 0 Å². The van der Waals surface area contributed by atoms with Gasteiger partial charge in [0, 0.05) is 0 Å². The summed E-state index contributed by atoms with van der Waals surface area (Å²) in [6, 6.07) is 0. The molecule has 0 radical (unpaired) electrons. The van der Waals surface area contributed by atoms with Gasteiger partial charge in [0.05, 0.1) is 23.5 Å². The van der Waals surface area contributed by atoms with Gasteiger partial charge < -0.3 is 0 Å². The van der Waals surface area contributed by atoms with Crippen LogP contribution < -0.4 is 0 Å². The third-order valence-corrected chi connectivity index (χ3v) is 1.000. The van der Waals surface area contributed by atoms with Gasteiger partial charge in [-0.2, -0.15) is 0 Å². The zero-order valence-electron chi connectivity index (χ0n) is 5.91. The lowest BCUT2D eigenvalue weighted by Gasteiger charge is -2.14. The Bertz CT molecular complexity index is 45.4. The van der Waals surface area contributed by atoms with E-state index in [1.807, 2.05) is 0 Å². The first kappa shape index (κ1) is 7.19. The fourth-order valence-corrected chi connectivity index (χ4v) is 0.750. The average Bonchev–Trinajstić information content (AvgIpc) is 1.30. The van der Waals surface area contributed by atoms with Crippen LogP contribution in [-0.2, 0) is 0 Å². The maximum atomic E-state index is 2.27. The van der Waals surface area contributed by atoms with E-state index in [0.29, 0.717) is 5.11 Å². The molecular weight excluding hydrogens is 80.5 g/mol. The molecule has 0 aromatic rings. The first-order valence-electron chi connectivity index (χ1n) is 3.06. The molecule has 0 aliphatic carbocycles. The molecule has 7 heavy (non-hydrogen) atoms. The van der Waals surface area contributed by atoms with Gasteiger partial charge in [-0.15, -0.1) is 5.11 Å². The molecule has 0 aliphatic rings. The fourth-order valence-electron chi connectivity index (χ4n) is 0.750. The Kier molecular flexibility index (Phi) is 2.56. The van der Waals surface area contributed by atoms with E-state index in [1.165, 1.54) is 12.8 Å². The topological polar surface area (TPSA) is 0 Å². The highest BCUT2D eigenvalue weighted by atomic mass is 13.9. The lowest BCUT2D eigenvalue weighted by molar-refractivity contribution is 0.812. The largest absolute Gasteiger partial charge is 0.111 e. The highest BCUT2D eigenvalue weighted by molar-refractivity contribution is 6.58. The fraction of sp³-hybridized carbons (Fsp3) is 1.00. The lowest BCUT2D eigenvalue weighted by Crippen LogP contribution is -2.11. The van der Waals surface area contributed by atoms with E-state index in [-0.39, 0.29) is 0 Å². The van der Waals surface area contributed by atoms with E-state index >= 15 is 0 Å². The maximum absolute atomic E-state index is 2.27. The van der Waals surface area contributed by atoms with Crippen LogP contribution in [0.1, 0.15) is 19.8 Å². The van der Waals surface area contributed by atoms with Gasteiger partial charge in [0.1, 0.15) is 0 Å². The van der Waals surface area contributed by atoms with Crippen LogP contribution in [0.3, 0.4) is 0 Å².